The van der Waals surface area contributed by atoms with Crippen molar-refractivity contribution in [3.05, 3.63) is 42.2 Å². The molecule has 1 heterocycles. The van der Waals surface area contributed by atoms with Crippen molar-refractivity contribution in [3.8, 4) is 17.2 Å². The van der Waals surface area contributed by atoms with E-state index in [1.807, 2.05) is 36.4 Å². The molecule has 4 rings (SSSR count). The van der Waals surface area contributed by atoms with Gasteiger partial charge >= 0.3 is 0 Å². The minimum atomic E-state index is 0.203. The van der Waals surface area contributed by atoms with Gasteiger partial charge in [0.1, 0.15) is 5.75 Å². The van der Waals surface area contributed by atoms with Crippen LogP contribution in [0.3, 0.4) is 0 Å². The van der Waals surface area contributed by atoms with Gasteiger partial charge in [-0.3, -0.25) is 0 Å². The van der Waals surface area contributed by atoms with Gasteiger partial charge in [0.2, 0.25) is 0 Å². The highest BCUT2D eigenvalue weighted by atomic mass is 16.5. The molecule has 0 atom stereocenters. The van der Waals surface area contributed by atoms with Crippen LogP contribution in [0.15, 0.2) is 40.9 Å². The van der Waals surface area contributed by atoms with Crippen LogP contribution < -0.4 is 0 Å². The van der Waals surface area contributed by atoms with Gasteiger partial charge in [-0.25, -0.2) is 0 Å². The molecule has 0 bridgehead atoms. The second-order valence-corrected chi connectivity index (χ2v) is 5.62. The maximum absolute atomic E-state index is 10.4. The van der Waals surface area contributed by atoms with Gasteiger partial charge in [-0.2, -0.15) is 4.98 Å². The molecule has 0 spiro atoms. The number of aromatic hydroxyl groups is 1. The van der Waals surface area contributed by atoms with E-state index in [4.69, 9.17) is 4.52 Å². The lowest BCUT2D eigenvalue weighted by molar-refractivity contribution is 0.412. The van der Waals surface area contributed by atoms with Gasteiger partial charge in [0.15, 0.2) is 5.82 Å². The Morgan fingerprint density at radius 1 is 1.05 bits per heavy atom. The van der Waals surface area contributed by atoms with E-state index in [0.29, 0.717) is 17.4 Å². The van der Waals surface area contributed by atoms with Gasteiger partial charge in [-0.15, -0.1) is 0 Å². The molecular formula is C17H16N2O2. The number of nitrogens with zero attached hydrogens (tertiary/aromatic N) is 2. The Labute approximate surface area is 122 Å². The molecule has 1 fully saturated rings. The molecule has 3 aromatic rings. The van der Waals surface area contributed by atoms with Crippen LogP contribution in [0.4, 0.5) is 0 Å². The topological polar surface area (TPSA) is 59.2 Å². The van der Waals surface area contributed by atoms with E-state index >= 15 is 0 Å². The number of rotatable bonds is 2. The zero-order valence-electron chi connectivity index (χ0n) is 11.6. The van der Waals surface area contributed by atoms with Crippen molar-refractivity contribution in [2.75, 3.05) is 0 Å². The molecule has 0 aliphatic heterocycles. The van der Waals surface area contributed by atoms with Crippen LogP contribution in [0.5, 0.6) is 5.75 Å². The molecule has 0 radical (unpaired) electrons. The molecule has 1 N–H and O–H groups in total. The SMILES string of the molecule is Oc1c(-c2nc(C3CCCC3)no2)ccc2ccccc12. The van der Waals surface area contributed by atoms with Crippen molar-refractivity contribution in [1.29, 1.82) is 0 Å². The van der Waals surface area contributed by atoms with Gasteiger partial charge in [0, 0.05) is 11.3 Å². The zero-order chi connectivity index (χ0) is 14.2. The third kappa shape index (κ3) is 2.07. The molecule has 1 saturated carbocycles. The monoisotopic (exact) mass is 280 g/mol. The van der Waals surface area contributed by atoms with Crippen LogP contribution in [0.2, 0.25) is 0 Å². The van der Waals surface area contributed by atoms with Crippen LogP contribution in [0, 0.1) is 0 Å². The number of phenolic OH excluding ortho intramolecular Hbond substituents is 1. The van der Waals surface area contributed by atoms with Crippen molar-refractivity contribution < 1.29 is 9.63 Å². The third-order valence-corrected chi connectivity index (χ3v) is 4.29. The predicted molar refractivity (Wildman–Crippen MR) is 80.1 cm³/mol. The summed E-state index contributed by atoms with van der Waals surface area (Å²) in [6.07, 6.45) is 4.72. The largest absolute Gasteiger partial charge is 0.506 e. The van der Waals surface area contributed by atoms with Gasteiger partial charge in [-0.1, -0.05) is 48.3 Å². The molecule has 106 valence electrons. The second-order valence-electron chi connectivity index (χ2n) is 5.62. The maximum Gasteiger partial charge on any atom is 0.261 e. The first-order chi connectivity index (χ1) is 10.3. The van der Waals surface area contributed by atoms with Crippen LogP contribution in [-0.2, 0) is 0 Å². The van der Waals surface area contributed by atoms with Crippen LogP contribution in [-0.4, -0.2) is 15.2 Å². The van der Waals surface area contributed by atoms with E-state index in [1.165, 1.54) is 12.8 Å². The van der Waals surface area contributed by atoms with Crippen molar-refractivity contribution in [1.82, 2.24) is 10.1 Å². The number of hydrogen-bond acceptors (Lipinski definition) is 4. The predicted octanol–water partition coefficient (Wildman–Crippen LogP) is 4.25. The summed E-state index contributed by atoms with van der Waals surface area (Å²) in [5, 5.41) is 16.3. The molecule has 4 nitrogen and oxygen atoms in total. The van der Waals surface area contributed by atoms with Crippen molar-refractivity contribution in [3.63, 3.8) is 0 Å². The number of aromatic nitrogens is 2. The van der Waals surface area contributed by atoms with E-state index in [9.17, 15) is 5.11 Å². The number of fused-ring (bicyclic) bond motifs is 1. The Hall–Kier alpha value is -2.36. The van der Waals surface area contributed by atoms with E-state index in [1.54, 1.807) is 0 Å². The Kier molecular flexibility index (Phi) is 2.88. The fourth-order valence-electron chi connectivity index (χ4n) is 3.12. The minimum Gasteiger partial charge on any atom is -0.506 e. The summed E-state index contributed by atoms with van der Waals surface area (Å²) in [5.41, 5.74) is 0.602. The van der Waals surface area contributed by atoms with Crippen molar-refractivity contribution in [2.24, 2.45) is 0 Å². The fraction of sp³-hybridized carbons (Fsp3) is 0.294. The molecule has 1 aliphatic rings. The summed E-state index contributed by atoms with van der Waals surface area (Å²) in [5.74, 6) is 1.79. The van der Waals surface area contributed by atoms with E-state index in [0.717, 1.165) is 29.4 Å². The first kappa shape index (κ1) is 12.4. The summed E-state index contributed by atoms with van der Waals surface area (Å²) in [7, 11) is 0. The third-order valence-electron chi connectivity index (χ3n) is 4.29. The number of phenols is 1. The summed E-state index contributed by atoms with van der Waals surface area (Å²) in [4.78, 5) is 4.49. The molecule has 0 amide bonds. The standard InChI is InChI=1S/C17H16N2O2/c20-15-13-8-4-3-5-11(13)9-10-14(15)17-18-16(19-21-17)12-6-1-2-7-12/h3-5,8-10,12,20H,1-2,6-7H2. The highest BCUT2D eigenvalue weighted by Crippen LogP contribution is 2.37. The summed E-state index contributed by atoms with van der Waals surface area (Å²) >= 11 is 0. The second kappa shape index (κ2) is 4.88. The lowest BCUT2D eigenvalue weighted by Gasteiger charge is -2.04. The minimum absolute atomic E-state index is 0.203. The van der Waals surface area contributed by atoms with Gasteiger partial charge < -0.3 is 9.63 Å². The van der Waals surface area contributed by atoms with Gasteiger partial charge in [0.25, 0.3) is 5.89 Å². The first-order valence-corrected chi connectivity index (χ1v) is 7.37. The maximum atomic E-state index is 10.4. The van der Waals surface area contributed by atoms with Crippen LogP contribution >= 0.6 is 0 Å². The quantitative estimate of drug-likeness (QED) is 0.762. The van der Waals surface area contributed by atoms with Crippen molar-refractivity contribution >= 4 is 10.8 Å². The van der Waals surface area contributed by atoms with E-state index in [-0.39, 0.29) is 5.75 Å². The lowest BCUT2D eigenvalue weighted by atomic mass is 10.1. The molecule has 4 heteroatoms. The van der Waals surface area contributed by atoms with E-state index < -0.39 is 0 Å². The zero-order valence-corrected chi connectivity index (χ0v) is 11.6. The van der Waals surface area contributed by atoms with Gasteiger partial charge in [-0.05, 0) is 24.3 Å². The highest BCUT2D eigenvalue weighted by Gasteiger charge is 2.23. The normalized spacial score (nSPS) is 15.8. The lowest BCUT2D eigenvalue weighted by Crippen LogP contribution is -1.94. The fourth-order valence-corrected chi connectivity index (χ4v) is 3.12. The summed E-state index contributed by atoms with van der Waals surface area (Å²) in [6, 6.07) is 11.5. The molecule has 0 unspecified atom stereocenters. The number of benzene rings is 2. The smallest absolute Gasteiger partial charge is 0.261 e. The van der Waals surface area contributed by atoms with E-state index in [2.05, 4.69) is 10.1 Å². The molecule has 21 heavy (non-hydrogen) atoms. The molecule has 1 aliphatic carbocycles. The van der Waals surface area contributed by atoms with Crippen molar-refractivity contribution in [2.45, 2.75) is 31.6 Å². The molecule has 1 aromatic heterocycles. The average molecular weight is 280 g/mol. The number of hydrogen-bond donors (Lipinski definition) is 1. The molecule has 0 saturated heterocycles. The summed E-state index contributed by atoms with van der Waals surface area (Å²) < 4.78 is 5.37. The Bertz CT molecular complexity index is 788. The highest BCUT2D eigenvalue weighted by molar-refractivity contribution is 5.93. The average Bonchev–Trinajstić information content (AvgIpc) is 3.19. The first-order valence-electron chi connectivity index (χ1n) is 7.37. The van der Waals surface area contributed by atoms with Crippen LogP contribution in [0.25, 0.3) is 22.2 Å². The Morgan fingerprint density at radius 2 is 1.86 bits per heavy atom. The Morgan fingerprint density at radius 3 is 2.71 bits per heavy atom. The van der Waals surface area contributed by atoms with Gasteiger partial charge in [0.05, 0.1) is 5.56 Å². The molecular weight excluding hydrogens is 264 g/mol. The van der Waals surface area contributed by atoms with Crippen LogP contribution in [0.1, 0.15) is 37.4 Å². The molecule has 2 aromatic carbocycles. The Balaban J connectivity index is 1.77. The summed E-state index contributed by atoms with van der Waals surface area (Å²) in [6.45, 7) is 0.